The molecule has 0 heterocycles. The summed E-state index contributed by atoms with van der Waals surface area (Å²) < 4.78 is 16.7. The van der Waals surface area contributed by atoms with Crippen molar-refractivity contribution in [2.24, 2.45) is 0 Å². The molecule has 0 aromatic carbocycles. The highest BCUT2D eigenvalue weighted by atomic mass is 16.6. The number of esters is 3. The van der Waals surface area contributed by atoms with Gasteiger partial charge in [0.25, 0.3) is 0 Å². The first-order chi connectivity index (χ1) is 30.5. The van der Waals surface area contributed by atoms with Crippen LogP contribution in [0, 0.1) is 0 Å². The summed E-state index contributed by atoms with van der Waals surface area (Å²) in [5.74, 6) is -1.01. The molecule has 0 fully saturated rings. The van der Waals surface area contributed by atoms with Gasteiger partial charge in [-0.1, -0.05) is 201 Å². The van der Waals surface area contributed by atoms with Crippen molar-refractivity contribution in [2.45, 2.75) is 226 Å². The lowest BCUT2D eigenvalue weighted by atomic mass is 10.0. The average Bonchev–Trinajstić information content (AvgIpc) is 3.27. The molecular formula is C56H92O6. The molecule has 0 saturated heterocycles. The van der Waals surface area contributed by atoms with E-state index in [1.165, 1.54) is 83.5 Å². The summed E-state index contributed by atoms with van der Waals surface area (Å²) in [5, 5.41) is 0. The third-order valence-corrected chi connectivity index (χ3v) is 10.3. The number of hydrogen-bond acceptors (Lipinski definition) is 6. The van der Waals surface area contributed by atoms with Crippen LogP contribution in [-0.4, -0.2) is 37.2 Å². The maximum absolute atomic E-state index is 12.8. The summed E-state index contributed by atoms with van der Waals surface area (Å²) in [7, 11) is 0. The van der Waals surface area contributed by atoms with E-state index in [1.54, 1.807) is 0 Å². The number of hydrogen-bond donors (Lipinski definition) is 0. The molecule has 0 aliphatic rings. The normalized spacial score (nSPS) is 12.9. The monoisotopic (exact) mass is 861 g/mol. The van der Waals surface area contributed by atoms with Gasteiger partial charge in [-0.3, -0.25) is 14.4 Å². The minimum atomic E-state index is -0.814. The largest absolute Gasteiger partial charge is 0.462 e. The van der Waals surface area contributed by atoms with Crippen LogP contribution in [0.4, 0.5) is 0 Å². The van der Waals surface area contributed by atoms with Gasteiger partial charge in [0, 0.05) is 19.3 Å². The fourth-order valence-corrected chi connectivity index (χ4v) is 6.54. The Morgan fingerprint density at radius 2 is 0.645 bits per heavy atom. The molecule has 0 rings (SSSR count). The quantitative estimate of drug-likeness (QED) is 0.0263. The fraction of sp³-hybridized carbons (Fsp3) is 0.661. The summed E-state index contributed by atoms with van der Waals surface area (Å²) in [6.45, 7) is 6.39. The number of allylic oxidation sites excluding steroid dienone is 16. The standard InChI is InChI=1S/C56H92O6/c1-4-7-10-13-16-19-22-25-27-28-30-32-35-37-40-43-46-49-55(58)61-52-53(62-56(59)50-47-44-41-38-33-24-21-18-15-12-9-6-3)51-60-54(57)48-45-42-39-36-34-31-29-26-23-20-17-14-11-8-5-2/h8,11,16-17,19-20,25-27,29-30,32,34,36-37,40,53H,4-7,9-10,12-15,18,21-24,28,31,33,35,38-39,41-52H2,1-3H3/b11-8-,19-16-,20-17-,27-25-,29-26-,32-30-,36-34-,40-37-/t53-/m1/s1. The van der Waals surface area contributed by atoms with E-state index in [9.17, 15) is 14.4 Å². The first-order valence-electron chi connectivity index (χ1n) is 25.2. The molecule has 0 bridgehead atoms. The molecule has 0 aromatic rings. The van der Waals surface area contributed by atoms with Crippen molar-refractivity contribution >= 4 is 17.9 Å². The molecule has 0 N–H and O–H groups in total. The average molecular weight is 861 g/mol. The second-order valence-electron chi connectivity index (χ2n) is 16.3. The van der Waals surface area contributed by atoms with Gasteiger partial charge in [0.1, 0.15) is 13.2 Å². The van der Waals surface area contributed by atoms with Crippen LogP contribution in [-0.2, 0) is 28.6 Å². The summed E-state index contributed by atoms with van der Waals surface area (Å²) in [6.07, 6.45) is 65.4. The lowest BCUT2D eigenvalue weighted by Crippen LogP contribution is -2.30. The van der Waals surface area contributed by atoms with Gasteiger partial charge >= 0.3 is 17.9 Å². The highest BCUT2D eigenvalue weighted by Gasteiger charge is 2.19. The highest BCUT2D eigenvalue weighted by molar-refractivity contribution is 5.71. The Bertz CT molecular complexity index is 1260. The molecule has 352 valence electrons. The predicted molar refractivity (Wildman–Crippen MR) is 265 cm³/mol. The van der Waals surface area contributed by atoms with Gasteiger partial charge in [-0.15, -0.1) is 0 Å². The van der Waals surface area contributed by atoms with E-state index in [0.29, 0.717) is 25.7 Å². The molecule has 0 amide bonds. The molecule has 0 spiro atoms. The SMILES string of the molecule is CC/C=C\C/C=C\C/C=C\C/C=C\CCCCC(=O)OC[C@H](COC(=O)CCC/C=C\C/C=C\C/C=C\C/C=C\CCCCC)OC(=O)CCCCCCCCCCCCCC. The summed E-state index contributed by atoms with van der Waals surface area (Å²) in [5.41, 5.74) is 0. The molecule has 0 aliphatic carbocycles. The number of rotatable bonds is 44. The van der Waals surface area contributed by atoms with Crippen molar-refractivity contribution in [3.05, 3.63) is 97.2 Å². The Hall–Kier alpha value is -3.67. The summed E-state index contributed by atoms with van der Waals surface area (Å²) in [4.78, 5) is 37.9. The number of ether oxygens (including phenoxy) is 3. The molecule has 0 aliphatic heterocycles. The van der Waals surface area contributed by atoms with Crippen LogP contribution >= 0.6 is 0 Å². The van der Waals surface area contributed by atoms with Crippen LogP contribution in [0.2, 0.25) is 0 Å². The Kier molecular flexibility index (Phi) is 47.0. The first-order valence-corrected chi connectivity index (χ1v) is 25.2. The van der Waals surface area contributed by atoms with Gasteiger partial charge in [0.15, 0.2) is 6.10 Å². The molecule has 0 saturated carbocycles. The van der Waals surface area contributed by atoms with E-state index in [4.69, 9.17) is 14.2 Å². The molecule has 62 heavy (non-hydrogen) atoms. The molecule has 6 heteroatoms. The Morgan fingerprint density at radius 1 is 0.339 bits per heavy atom. The Labute approximate surface area is 381 Å². The second-order valence-corrected chi connectivity index (χ2v) is 16.3. The zero-order chi connectivity index (χ0) is 45.1. The first kappa shape index (κ1) is 58.3. The fourth-order valence-electron chi connectivity index (χ4n) is 6.54. The molecule has 0 aromatic heterocycles. The Morgan fingerprint density at radius 3 is 1.08 bits per heavy atom. The van der Waals surface area contributed by atoms with Crippen molar-refractivity contribution < 1.29 is 28.6 Å². The topological polar surface area (TPSA) is 78.9 Å². The predicted octanol–water partition coefficient (Wildman–Crippen LogP) is 16.6. The summed E-state index contributed by atoms with van der Waals surface area (Å²) in [6, 6.07) is 0. The van der Waals surface area contributed by atoms with Gasteiger partial charge in [-0.05, 0) is 96.3 Å². The van der Waals surface area contributed by atoms with E-state index in [-0.39, 0.29) is 37.5 Å². The smallest absolute Gasteiger partial charge is 0.306 e. The van der Waals surface area contributed by atoms with E-state index >= 15 is 0 Å². The van der Waals surface area contributed by atoms with Gasteiger partial charge in [-0.25, -0.2) is 0 Å². The minimum Gasteiger partial charge on any atom is -0.462 e. The maximum atomic E-state index is 12.8. The van der Waals surface area contributed by atoms with E-state index in [2.05, 4.69) is 118 Å². The number of carbonyl (C=O) groups is 3. The van der Waals surface area contributed by atoms with E-state index in [0.717, 1.165) is 83.5 Å². The van der Waals surface area contributed by atoms with Crippen LogP contribution < -0.4 is 0 Å². The zero-order valence-electron chi connectivity index (χ0n) is 40.1. The number of carbonyl (C=O) groups excluding carboxylic acids is 3. The van der Waals surface area contributed by atoms with Crippen molar-refractivity contribution in [3.63, 3.8) is 0 Å². The Balaban J connectivity index is 4.53. The van der Waals surface area contributed by atoms with Crippen LogP contribution in [0.1, 0.15) is 220 Å². The lowest BCUT2D eigenvalue weighted by Gasteiger charge is -2.18. The third-order valence-electron chi connectivity index (χ3n) is 10.3. The zero-order valence-corrected chi connectivity index (χ0v) is 40.1. The van der Waals surface area contributed by atoms with Crippen molar-refractivity contribution in [1.29, 1.82) is 0 Å². The maximum Gasteiger partial charge on any atom is 0.306 e. The molecule has 0 unspecified atom stereocenters. The highest BCUT2D eigenvalue weighted by Crippen LogP contribution is 2.14. The lowest BCUT2D eigenvalue weighted by molar-refractivity contribution is -0.167. The molecule has 6 nitrogen and oxygen atoms in total. The van der Waals surface area contributed by atoms with Gasteiger partial charge in [-0.2, -0.15) is 0 Å². The van der Waals surface area contributed by atoms with Gasteiger partial charge < -0.3 is 14.2 Å². The molecular weight excluding hydrogens is 769 g/mol. The van der Waals surface area contributed by atoms with Crippen molar-refractivity contribution in [2.75, 3.05) is 13.2 Å². The van der Waals surface area contributed by atoms with Gasteiger partial charge in [0.2, 0.25) is 0 Å². The van der Waals surface area contributed by atoms with Crippen LogP contribution in [0.5, 0.6) is 0 Å². The van der Waals surface area contributed by atoms with Crippen LogP contribution in [0.25, 0.3) is 0 Å². The second kappa shape index (κ2) is 50.0. The minimum absolute atomic E-state index is 0.116. The van der Waals surface area contributed by atoms with Gasteiger partial charge in [0.05, 0.1) is 0 Å². The third kappa shape index (κ3) is 47.4. The molecule has 1 atom stereocenters. The van der Waals surface area contributed by atoms with Crippen LogP contribution in [0.3, 0.4) is 0 Å². The van der Waals surface area contributed by atoms with Crippen molar-refractivity contribution in [3.8, 4) is 0 Å². The molecule has 0 radical (unpaired) electrons. The number of unbranched alkanes of at least 4 members (excludes halogenated alkanes) is 17. The van der Waals surface area contributed by atoms with Crippen LogP contribution in [0.15, 0.2) is 97.2 Å². The van der Waals surface area contributed by atoms with E-state index < -0.39 is 6.10 Å². The summed E-state index contributed by atoms with van der Waals surface area (Å²) >= 11 is 0. The van der Waals surface area contributed by atoms with E-state index in [1.807, 2.05) is 0 Å². The van der Waals surface area contributed by atoms with Crippen molar-refractivity contribution in [1.82, 2.24) is 0 Å².